The minimum atomic E-state index is -0.202. The van der Waals surface area contributed by atoms with Crippen LogP contribution in [0.5, 0.6) is 0 Å². The van der Waals surface area contributed by atoms with Crippen LogP contribution in [-0.4, -0.2) is 60.6 Å². The number of carbonyl (C=O) groups is 1. The number of carbonyl (C=O) groups excluding carboxylic acids is 1. The van der Waals surface area contributed by atoms with Gasteiger partial charge in [0.25, 0.3) is 5.56 Å². The number of aromatic nitrogens is 5. The number of aryl methyl sites for hydroxylation is 2. The van der Waals surface area contributed by atoms with Crippen LogP contribution in [-0.2, 0) is 11.3 Å². The fourth-order valence-corrected chi connectivity index (χ4v) is 5.14. The number of likely N-dealkylation sites (tertiary alicyclic amines) is 1. The summed E-state index contributed by atoms with van der Waals surface area (Å²) in [6, 6.07) is 14.1. The molecule has 1 saturated heterocycles. The molecule has 1 aliphatic rings. The highest BCUT2D eigenvalue weighted by Gasteiger charge is 2.22. The predicted octanol–water partition coefficient (Wildman–Crippen LogP) is 3.45. The third-order valence-electron chi connectivity index (χ3n) is 7.19. The highest BCUT2D eigenvalue weighted by Crippen LogP contribution is 2.24. The van der Waals surface area contributed by atoms with Crippen LogP contribution in [0.15, 0.2) is 59.7 Å². The van der Waals surface area contributed by atoms with Gasteiger partial charge in [-0.15, -0.1) is 0 Å². The van der Waals surface area contributed by atoms with Crippen LogP contribution in [0.4, 0.5) is 0 Å². The van der Waals surface area contributed by atoms with Crippen LogP contribution in [0.25, 0.3) is 22.4 Å². The summed E-state index contributed by atoms with van der Waals surface area (Å²) in [4.78, 5) is 28.5. The molecule has 4 heterocycles. The summed E-state index contributed by atoms with van der Waals surface area (Å²) in [6.45, 7) is 7.48. The molecule has 37 heavy (non-hydrogen) atoms. The van der Waals surface area contributed by atoms with Gasteiger partial charge < -0.3 is 14.8 Å². The average molecular weight is 502 g/mol. The van der Waals surface area contributed by atoms with E-state index in [1.165, 1.54) is 17.5 Å². The first kappa shape index (κ1) is 25.0. The Kier molecular flexibility index (Phi) is 7.50. The summed E-state index contributed by atoms with van der Waals surface area (Å²) < 4.78 is 5.18. The standard InChI is InChI=1S/C28H35N7O2/c1-21(32-16-6-7-17-32)14-15-29-24(36)13-10-20-34-28(37)25-26(22(2)30-34)31-35(23-11-4-3-5-12-23)27(25)33-18-8-9-19-33/h3-5,8-9,11-12,18-19,21H,6-7,10,13-17,20H2,1-2H3,(H,29,36). The van der Waals surface area contributed by atoms with E-state index in [1.807, 2.05) is 66.3 Å². The molecule has 9 heteroatoms. The molecular formula is C28H35N7O2. The van der Waals surface area contributed by atoms with Crippen LogP contribution in [0.1, 0.15) is 44.7 Å². The topological polar surface area (TPSA) is 90.0 Å². The van der Waals surface area contributed by atoms with Gasteiger partial charge in [-0.05, 0) is 76.9 Å². The van der Waals surface area contributed by atoms with E-state index in [0.717, 1.165) is 25.2 Å². The lowest BCUT2D eigenvalue weighted by atomic mass is 10.2. The molecule has 0 spiro atoms. The molecule has 5 rings (SSSR count). The Balaban J connectivity index is 1.30. The van der Waals surface area contributed by atoms with E-state index in [2.05, 4.69) is 22.2 Å². The summed E-state index contributed by atoms with van der Waals surface area (Å²) in [5.41, 5.74) is 1.92. The van der Waals surface area contributed by atoms with Crippen LogP contribution < -0.4 is 10.9 Å². The quantitative estimate of drug-likeness (QED) is 0.360. The van der Waals surface area contributed by atoms with Crippen molar-refractivity contribution in [2.45, 2.75) is 58.5 Å². The third kappa shape index (κ3) is 5.36. The molecule has 1 atom stereocenters. The molecule has 1 aromatic carbocycles. The van der Waals surface area contributed by atoms with Crippen molar-refractivity contribution in [2.75, 3.05) is 19.6 Å². The molecule has 1 amide bonds. The largest absolute Gasteiger partial charge is 0.356 e. The second kappa shape index (κ2) is 11.1. The van der Waals surface area contributed by atoms with Crippen molar-refractivity contribution in [1.82, 2.24) is 34.3 Å². The summed E-state index contributed by atoms with van der Waals surface area (Å²) in [5.74, 6) is 0.699. The van der Waals surface area contributed by atoms with Gasteiger partial charge in [0.1, 0.15) is 10.9 Å². The number of hydrogen-bond donors (Lipinski definition) is 1. The molecule has 1 fully saturated rings. The van der Waals surface area contributed by atoms with Crippen molar-refractivity contribution in [3.8, 4) is 11.5 Å². The molecule has 4 aromatic rings. The second-order valence-electron chi connectivity index (χ2n) is 9.83. The van der Waals surface area contributed by atoms with E-state index in [0.29, 0.717) is 54.4 Å². The Bertz CT molecular complexity index is 1400. The molecule has 194 valence electrons. The number of amides is 1. The lowest BCUT2D eigenvalue weighted by Crippen LogP contribution is -2.34. The number of rotatable bonds is 10. The smallest absolute Gasteiger partial charge is 0.280 e. The average Bonchev–Trinajstić information content (AvgIpc) is 3.68. The maximum Gasteiger partial charge on any atom is 0.280 e. The Morgan fingerprint density at radius 1 is 1.05 bits per heavy atom. The molecule has 3 aromatic heterocycles. The molecule has 1 unspecified atom stereocenters. The van der Waals surface area contributed by atoms with E-state index >= 15 is 0 Å². The van der Waals surface area contributed by atoms with Gasteiger partial charge in [0.15, 0.2) is 5.82 Å². The lowest BCUT2D eigenvalue weighted by molar-refractivity contribution is -0.121. The summed E-state index contributed by atoms with van der Waals surface area (Å²) in [5, 5.41) is 12.9. The number of para-hydroxylation sites is 1. The first-order valence-corrected chi connectivity index (χ1v) is 13.2. The highest BCUT2D eigenvalue weighted by atomic mass is 16.1. The monoisotopic (exact) mass is 501 g/mol. The summed E-state index contributed by atoms with van der Waals surface area (Å²) in [6.07, 6.45) is 8.21. The highest BCUT2D eigenvalue weighted by molar-refractivity contribution is 5.87. The maximum absolute atomic E-state index is 13.6. The molecule has 0 radical (unpaired) electrons. The van der Waals surface area contributed by atoms with E-state index in [4.69, 9.17) is 5.10 Å². The number of benzene rings is 1. The van der Waals surface area contributed by atoms with Gasteiger partial charge in [0, 0.05) is 37.9 Å². The SMILES string of the molecule is Cc1nn(CCCC(=O)NCCC(C)N2CCCC2)c(=O)c2c(-n3cccc3)n(-c3ccccc3)nc12. The molecular weight excluding hydrogens is 466 g/mol. The van der Waals surface area contributed by atoms with Crippen LogP contribution in [0.2, 0.25) is 0 Å². The van der Waals surface area contributed by atoms with Crippen LogP contribution in [0.3, 0.4) is 0 Å². The van der Waals surface area contributed by atoms with Gasteiger partial charge in [-0.2, -0.15) is 10.2 Å². The van der Waals surface area contributed by atoms with Gasteiger partial charge in [0.2, 0.25) is 5.91 Å². The van der Waals surface area contributed by atoms with E-state index in [9.17, 15) is 9.59 Å². The predicted molar refractivity (Wildman–Crippen MR) is 144 cm³/mol. The molecule has 0 saturated carbocycles. The Labute approximate surface area is 216 Å². The van der Waals surface area contributed by atoms with Gasteiger partial charge in [-0.1, -0.05) is 18.2 Å². The first-order chi connectivity index (χ1) is 18.0. The zero-order chi connectivity index (χ0) is 25.8. The summed E-state index contributed by atoms with van der Waals surface area (Å²) >= 11 is 0. The third-order valence-corrected chi connectivity index (χ3v) is 7.19. The number of nitrogens with zero attached hydrogens (tertiary/aromatic N) is 6. The van der Waals surface area contributed by atoms with Crippen molar-refractivity contribution >= 4 is 16.8 Å². The molecule has 1 N–H and O–H groups in total. The minimum Gasteiger partial charge on any atom is -0.356 e. The first-order valence-electron chi connectivity index (χ1n) is 13.2. The van der Waals surface area contributed by atoms with E-state index < -0.39 is 0 Å². The zero-order valence-corrected chi connectivity index (χ0v) is 21.6. The van der Waals surface area contributed by atoms with E-state index in [-0.39, 0.29) is 11.5 Å². The zero-order valence-electron chi connectivity index (χ0n) is 21.6. The van der Waals surface area contributed by atoms with Crippen molar-refractivity contribution < 1.29 is 4.79 Å². The minimum absolute atomic E-state index is 0.0180. The normalized spacial score (nSPS) is 14.9. The van der Waals surface area contributed by atoms with Crippen molar-refractivity contribution in [2.24, 2.45) is 0 Å². The van der Waals surface area contributed by atoms with Gasteiger partial charge in [-0.3, -0.25) is 9.59 Å². The molecule has 1 aliphatic heterocycles. The maximum atomic E-state index is 13.6. The molecule has 0 aliphatic carbocycles. The number of nitrogens with one attached hydrogen (secondary N) is 1. The Morgan fingerprint density at radius 3 is 2.51 bits per heavy atom. The van der Waals surface area contributed by atoms with Gasteiger partial charge in [-0.25, -0.2) is 9.36 Å². The fourth-order valence-electron chi connectivity index (χ4n) is 5.14. The molecule has 0 bridgehead atoms. The molecule has 9 nitrogen and oxygen atoms in total. The van der Waals surface area contributed by atoms with Gasteiger partial charge in [0.05, 0.1) is 11.4 Å². The second-order valence-corrected chi connectivity index (χ2v) is 9.83. The number of fused-ring (bicyclic) bond motifs is 1. The van der Waals surface area contributed by atoms with Crippen LogP contribution >= 0.6 is 0 Å². The van der Waals surface area contributed by atoms with Crippen molar-refractivity contribution in [3.05, 3.63) is 70.9 Å². The lowest BCUT2D eigenvalue weighted by Gasteiger charge is -2.23. The fraction of sp³-hybridized carbons (Fsp3) is 0.429. The van der Waals surface area contributed by atoms with Crippen molar-refractivity contribution in [3.63, 3.8) is 0 Å². The van der Waals surface area contributed by atoms with E-state index in [1.54, 1.807) is 4.68 Å². The van der Waals surface area contributed by atoms with Crippen LogP contribution in [0, 0.1) is 6.92 Å². The van der Waals surface area contributed by atoms with Gasteiger partial charge >= 0.3 is 0 Å². The van der Waals surface area contributed by atoms with Crippen molar-refractivity contribution in [1.29, 1.82) is 0 Å². The number of hydrogen-bond acceptors (Lipinski definition) is 5. The Hall–Kier alpha value is -3.72. The summed E-state index contributed by atoms with van der Waals surface area (Å²) in [7, 11) is 0. The Morgan fingerprint density at radius 2 is 1.78 bits per heavy atom.